The molecular weight excluding hydrogens is 418 g/mol. The van der Waals surface area contributed by atoms with Gasteiger partial charge in [0.25, 0.3) is 5.91 Å². The van der Waals surface area contributed by atoms with Crippen LogP contribution in [-0.4, -0.2) is 42.9 Å². The minimum absolute atomic E-state index is 0.160. The van der Waals surface area contributed by atoms with Gasteiger partial charge in [0, 0.05) is 37.1 Å². The number of aryl methyl sites for hydroxylation is 1. The number of aliphatic hydroxyl groups is 1. The van der Waals surface area contributed by atoms with Crippen LogP contribution < -0.4 is 4.74 Å². The van der Waals surface area contributed by atoms with Crippen LogP contribution in [0, 0.1) is 11.6 Å². The second-order valence-corrected chi connectivity index (χ2v) is 8.26. The van der Waals surface area contributed by atoms with Gasteiger partial charge in [-0.3, -0.25) is 9.48 Å². The number of halogens is 2. The van der Waals surface area contributed by atoms with Gasteiger partial charge in [-0.2, -0.15) is 5.10 Å². The predicted molar refractivity (Wildman–Crippen MR) is 111 cm³/mol. The van der Waals surface area contributed by atoms with Crippen LogP contribution in [-0.2, 0) is 20.1 Å². The lowest BCUT2D eigenvalue weighted by Gasteiger charge is -2.19. The largest absolute Gasteiger partial charge is 0.471 e. The van der Waals surface area contributed by atoms with Gasteiger partial charge in [-0.25, -0.2) is 13.8 Å². The van der Waals surface area contributed by atoms with Gasteiger partial charge in [0.05, 0.1) is 18.3 Å². The molecule has 3 aromatic rings. The third-order valence-electron chi connectivity index (χ3n) is 6.04. The number of carbonyl (C=O) groups is 1. The summed E-state index contributed by atoms with van der Waals surface area (Å²) in [6, 6.07) is 5.82. The van der Waals surface area contributed by atoms with Crippen molar-refractivity contribution in [1.82, 2.24) is 19.7 Å². The van der Waals surface area contributed by atoms with Gasteiger partial charge in [0.1, 0.15) is 23.3 Å². The molecule has 2 atom stereocenters. The minimum Gasteiger partial charge on any atom is -0.471 e. The van der Waals surface area contributed by atoms with Crippen molar-refractivity contribution in [3.05, 3.63) is 65.0 Å². The monoisotopic (exact) mass is 440 g/mol. The number of fused-ring (bicyclic) bond motifs is 1. The molecule has 7 nitrogen and oxygen atoms in total. The Morgan fingerprint density at radius 3 is 2.66 bits per heavy atom. The van der Waals surface area contributed by atoms with Crippen LogP contribution in [0.1, 0.15) is 40.7 Å². The molecule has 1 saturated carbocycles. The molecule has 1 fully saturated rings. The van der Waals surface area contributed by atoms with E-state index in [1.807, 2.05) is 0 Å². The van der Waals surface area contributed by atoms with E-state index >= 15 is 0 Å². The van der Waals surface area contributed by atoms with Crippen molar-refractivity contribution in [1.29, 1.82) is 0 Å². The highest BCUT2D eigenvalue weighted by Crippen LogP contribution is 2.34. The molecule has 32 heavy (non-hydrogen) atoms. The minimum atomic E-state index is -0.738. The quantitative estimate of drug-likeness (QED) is 0.659. The van der Waals surface area contributed by atoms with E-state index in [9.17, 15) is 18.7 Å². The molecule has 2 aliphatic rings. The lowest BCUT2D eigenvalue weighted by atomic mass is 10.1. The number of aliphatic hydroxyl groups excluding tert-OH is 1. The molecule has 1 N–H and O–H groups in total. The fourth-order valence-electron chi connectivity index (χ4n) is 4.34. The Labute approximate surface area is 183 Å². The van der Waals surface area contributed by atoms with Crippen LogP contribution >= 0.6 is 0 Å². The second-order valence-electron chi connectivity index (χ2n) is 8.26. The van der Waals surface area contributed by atoms with Gasteiger partial charge in [-0.05, 0) is 49.1 Å². The maximum atomic E-state index is 14.8. The van der Waals surface area contributed by atoms with Gasteiger partial charge in [0.15, 0.2) is 0 Å². The molecule has 0 radical (unpaired) electrons. The SMILES string of the molecule is Cn1ccc(-c2cc(F)c(CN3Cc4ccnc(OC5CCCC5O)c4C3=O)c(F)c2)n1. The van der Waals surface area contributed by atoms with Crippen molar-refractivity contribution in [2.24, 2.45) is 7.05 Å². The van der Waals surface area contributed by atoms with E-state index in [0.717, 1.165) is 6.42 Å². The Kier molecular flexibility index (Phi) is 5.13. The standard InChI is InChI=1S/C23H22F2N4O3/c1-28-8-6-18(27-28)14-9-16(24)15(17(25)10-14)12-29-11-13-5-7-26-22(21(13)23(29)31)32-20-4-2-3-19(20)30/h5-10,19-20,30H,2-4,11-12H2,1H3. The summed E-state index contributed by atoms with van der Waals surface area (Å²) in [5, 5.41) is 14.2. The number of pyridine rings is 1. The maximum Gasteiger partial charge on any atom is 0.260 e. The molecular formula is C23H22F2N4O3. The third-order valence-corrected chi connectivity index (χ3v) is 6.04. The van der Waals surface area contributed by atoms with Crippen molar-refractivity contribution in [2.75, 3.05) is 0 Å². The first-order chi connectivity index (χ1) is 15.4. The molecule has 0 saturated heterocycles. The fourth-order valence-corrected chi connectivity index (χ4v) is 4.34. The van der Waals surface area contributed by atoms with Gasteiger partial charge in [0.2, 0.25) is 5.88 Å². The Balaban J connectivity index is 1.38. The van der Waals surface area contributed by atoms with Gasteiger partial charge in [-0.15, -0.1) is 0 Å². The van der Waals surface area contributed by atoms with Gasteiger partial charge >= 0.3 is 0 Å². The molecule has 3 heterocycles. The molecule has 0 bridgehead atoms. The average molecular weight is 440 g/mol. The first-order valence-electron chi connectivity index (χ1n) is 10.5. The van der Waals surface area contributed by atoms with Crippen molar-refractivity contribution in [3.8, 4) is 17.1 Å². The summed E-state index contributed by atoms with van der Waals surface area (Å²) in [5.74, 6) is -1.72. The second kappa shape index (κ2) is 7.98. The maximum absolute atomic E-state index is 14.8. The normalized spacial score (nSPS) is 20.1. The zero-order valence-corrected chi connectivity index (χ0v) is 17.5. The molecule has 166 valence electrons. The summed E-state index contributed by atoms with van der Waals surface area (Å²) >= 11 is 0. The smallest absolute Gasteiger partial charge is 0.260 e. The van der Waals surface area contributed by atoms with Crippen molar-refractivity contribution >= 4 is 5.91 Å². The summed E-state index contributed by atoms with van der Waals surface area (Å²) < 4.78 is 37.1. The molecule has 2 unspecified atom stereocenters. The van der Waals surface area contributed by atoms with Crippen LogP contribution in [0.4, 0.5) is 8.78 Å². The Morgan fingerprint density at radius 1 is 1.22 bits per heavy atom. The fraction of sp³-hybridized carbons (Fsp3) is 0.348. The Bertz CT molecular complexity index is 1170. The molecule has 0 spiro atoms. The first kappa shape index (κ1) is 20.6. The molecule has 1 aliphatic carbocycles. The van der Waals surface area contributed by atoms with Crippen LogP contribution in [0.2, 0.25) is 0 Å². The van der Waals surface area contributed by atoms with E-state index in [2.05, 4.69) is 10.1 Å². The summed E-state index contributed by atoms with van der Waals surface area (Å²) in [5.41, 5.74) is 1.57. The number of hydrogen-bond donors (Lipinski definition) is 1. The van der Waals surface area contributed by atoms with E-state index in [-0.39, 0.29) is 30.1 Å². The van der Waals surface area contributed by atoms with Crippen LogP contribution in [0.25, 0.3) is 11.3 Å². The Morgan fingerprint density at radius 2 is 2.00 bits per heavy atom. The molecule has 1 aliphatic heterocycles. The van der Waals surface area contributed by atoms with Crippen LogP contribution in [0.3, 0.4) is 0 Å². The van der Waals surface area contributed by atoms with Crippen LogP contribution in [0.15, 0.2) is 36.7 Å². The van der Waals surface area contributed by atoms with Gasteiger partial charge in [-0.1, -0.05) is 0 Å². The van der Waals surface area contributed by atoms with E-state index in [1.54, 1.807) is 30.1 Å². The average Bonchev–Trinajstić information content (AvgIpc) is 3.45. The third kappa shape index (κ3) is 3.62. The number of aromatic nitrogens is 3. The molecule has 1 aromatic carbocycles. The summed E-state index contributed by atoms with van der Waals surface area (Å²) in [6.07, 6.45) is 4.39. The summed E-state index contributed by atoms with van der Waals surface area (Å²) in [7, 11) is 1.72. The molecule has 1 amide bonds. The van der Waals surface area contributed by atoms with Crippen molar-refractivity contribution in [2.45, 2.75) is 44.6 Å². The number of carbonyl (C=O) groups excluding carboxylic acids is 1. The number of rotatable bonds is 5. The number of hydrogen-bond acceptors (Lipinski definition) is 5. The number of amides is 1. The van der Waals surface area contributed by atoms with Crippen molar-refractivity contribution in [3.63, 3.8) is 0 Å². The van der Waals surface area contributed by atoms with Gasteiger partial charge < -0.3 is 14.7 Å². The highest BCUT2D eigenvalue weighted by Gasteiger charge is 2.35. The van der Waals surface area contributed by atoms with Crippen LogP contribution in [0.5, 0.6) is 5.88 Å². The summed E-state index contributed by atoms with van der Waals surface area (Å²) in [6.45, 7) is -0.0275. The highest BCUT2D eigenvalue weighted by atomic mass is 19.1. The lowest BCUT2D eigenvalue weighted by Crippen LogP contribution is -2.28. The molecule has 2 aromatic heterocycles. The first-order valence-corrected chi connectivity index (χ1v) is 10.5. The van der Waals surface area contributed by atoms with E-state index in [1.165, 1.54) is 23.2 Å². The Hall–Kier alpha value is -3.33. The zero-order chi connectivity index (χ0) is 22.4. The van der Waals surface area contributed by atoms with E-state index in [0.29, 0.717) is 29.7 Å². The zero-order valence-electron chi connectivity index (χ0n) is 17.5. The molecule has 9 heteroatoms. The topological polar surface area (TPSA) is 80.5 Å². The number of benzene rings is 1. The number of nitrogens with zero attached hydrogens (tertiary/aromatic N) is 4. The summed E-state index contributed by atoms with van der Waals surface area (Å²) in [4.78, 5) is 18.6. The van der Waals surface area contributed by atoms with E-state index in [4.69, 9.17) is 4.74 Å². The van der Waals surface area contributed by atoms with Crippen molar-refractivity contribution < 1.29 is 23.4 Å². The van der Waals surface area contributed by atoms with E-state index < -0.39 is 29.7 Å². The lowest BCUT2D eigenvalue weighted by molar-refractivity contribution is 0.0553. The highest BCUT2D eigenvalue weighted by molar-refractivity contribution is 6.00. The molecule has 5 rings (SSSR count). The number of ether oxygens (including phenoxy) is 1. The predicted octanol–water partition coefficient (Wildman–Crippen LogP) is 3.21.